The zero-order valence-corrected chi connectivity index (χ0v) is 19.9. The minimum atomic E-state index is -4.74. The molecule has 0 bridgehead atoms. The molecule has 0 aromatic heterocycles. The Morgan fingerprint density at radius 2 is 1.14 bits per heavy atom. The maximum atomic E-state index is 14.7. The Hall–Kier alpha value is -3.22. The molecule has 0 atom stereocenters. The van der Waals surface area contributed by atoms with Crippen molar-refractivity contribution < 1.29 is 60.3 Å². The summed E-state index contributed by atoms with van der Waals surface area (Å²) < 4.78 is 116. The van der Waals surface area contributed by atoms with Crippen molar-refractivity contribution >= 4 is 0 Å². The van der Waals surface area contributed by atoms with Crippen LogP contribution in [0.15, 0.2) is 66.7 Å². The van der Waals surface area contributed by atoms with Crippen LogP contribution in [0.5, 0.6) is 5.75 Å². The van der Waals surface area contributed by atoms with Gasteiger partial charge < -0.3 is 4.74 Å². The first-order valence-corrected chi connectivity index (χ1v) is 9.54. The summed E-state index contributed by atoms with van der Waals surface area (Å²) >= 11 is 0. The van der Waals surface area contributed by atoms with Crippen LogP contribution >= 0.6 is 0 Å². The van der Waals surface area contributed by atoms with E-state index in [1.165, 1.54) is 12.1 Å². The minimum Gasteiger partial charge on any atom is -0.429 e. The van der Waals surface area contributed by atoms with Gasteiger partial charge in [0.05, 0.1) is 0 Å². The van der Waals surface area contributed by atoms with Crippen LogP contribution in [-0.4, -0.2) is 0 Å². The van der Waals surface area contributed by atoms with Gasteiger partial charge in [0.1, 0.15) is 28.8 Å². The molecule has 0 aliphatic rings. The van der Waals surface area contributed by atoms with Crippen LogP contribution in [0, 0.1) is 41.0 Å². The fourth-order valence-electron chi connectivity index (χ4n) is 3.31. The number of hydrogen-bond donors (Lipinski definition) is 0. The van der Waals surface area contributed by atoms with Gasteiger partial charge in [-0.2, -0.15) is 39.1 Å². The van der Waals surface area contributed by atoms with Crippen molar-refractivity contribution in [1.82, 2.24) is 0 Å². The topological polar surface area (TPSA) is 9.23 Å². The van der Waals surface area contributed by atoms with Crippen molar-refractivity contribution in [2.75, 3.05) is 0 Å². The third-order valence-corrected chi connectivity index (χ3v) is 4.87. The fraction of sp³-hybridized carbons (Fsp3) is 0.0400. The van der Waals surface area contributed by atoms with Crippen molar-refractivity contribution in [2.24, 2.45) is 0 Å². The summed E-state index contributed by atoms with van der Waals surface area (Å²) in [6.07, 6.45) is -4.74. The molecule has 0 unspecified atom stereocenters. The summed E-state index contributed by atoms with van der Waals surface area (Å²) in [5, 5.41) is 0. The molecular weight excluding hydrogens is 654 g/mol. The average molecular weight is 666 g/mol. The Bertz CT molecular complexity index is 1330. The van der Waals surface area contributed by atoms with Crippen molar-refractivity contribution in [3.8, 4) is 28.0 Å². The number of benzene rings is 4. The molecule has 0 spiro atoms. The van der Waals surface area contributed by atoms with E-state index in [4.69, 9.17) is 0 Å². The molecule has 0 heterocycles. The van der Waals surface area contributed by atoms with E-state index >= 15 is 0 Å². The summed E-state index contributed by atoms with van der Waals surface area (Å²) in [6, 6.07) is 14.3. The Labute approximate surface area is 207 Å². The smallest absolute Gasteiger partial charge is 0.429 e. The van der Waals surface area contributed by atoms with Crippen molar-refractivity contribution in [1.29, 1.82) is 0 Å². The van der Waals surface area contributed by atoms with Gasteiger partial charge >= 0.3 is 6.11 Å². The zero-order chi connectivity index (χ0) is 24.6. The normalized spacial score (nSPS) is 11.2. The zero-order valence-electron chi connectivity index (χ0n) is 17.2. The molecule has 0 fully saturated rings. The Kier molecular flexibility index (Phi) is 7.68. The molecule has 10 heteroatoms. The molecule has 0 N–H and O–H groups in total. The van der Waals surface area contributed by atoms with Crippen LogP contribution in [0.4, 0.5) is 35.1 Å². The molecule has 0 saturated carbocycles. The molecule has 0 aliphatic carbocycles. The molecule has 0 amide bonds. The second kappa shape index (κ2) is 10.2. The SMILES string of the molecule is Fc1cc(-c2cc[c-]cc2)ccc1-c1cc(F)c(C(F)(F)Oc2cc(F)c(F)c(F)c2)c(F)c1.[Re]. The van der Waals surface area contributed by atoms with Gasteiger partial charge in [0.15, 0.2) is 17.5 Å². The molecule has 1 radical (unpaired) electrons. The van der Waals surface area contributed by atoms with Crippen LogP contribution in [0.1, 0.15) is 5.56 Å². The predicted octanol–water partition coefficient (Wildman–Crippen LogP) is 7.78. The largest absolute Gasteiger partial charge is 0.432 e. The quantitative estimate of drug-likeness (QED) is 0.120. The number of hydrogen-bond acceptors (Lipinski definition) is 1. The summed E-state index contributed by atoms with van der Waals surface area (Å²) in [6.45, 7) is 0. The molecule has 1 nitrogen and oxygen atoms in total. The van der Waals surface area contributed by atoms with E-state index < -0.39 is 52.3 Å². The van der Waals surface area contributed by atoms with Gasteiger partial charge in [-0.05, 0) is 29.3 Å². The second-order valence-corrected chi connectivity index (χ2v) is 7.12. The first-order chi connectivity index (χ1) is 16.1. The summed E-state index contributed by atoms with van der Waals surface area (Å²) in [5.74, 6) is -11.3. The number of halogens is 8. The third kappa shape index (κ3) is 5.39. The van der Waals surface area contributed by atoms with Gasteiger partial charge in [-0.1, -0.05) is 12.1 Å². The van der Waals surface area contributed by atoms with Crippen LogP contribution in [0.2, 0.25) is 0 Å². The van der Waals surface area contributed by atoms with Crippen molar-refractivity contribution in [3.63, 3.8) is 0 Å². The third-order valence-electron chi connectivity index (χ3n) is 4.87. The first kappa shape index (κ1) is 26.4. The Morgan fingerprint density at radius 1 is 0.600 bits per heavy atom. The average Bonchev–Trinajstić information content (AvgIpc) is 2.77. The summed E-state index contributed by atoms with van der Waals surface area (Å²) in [5.41, 5.74) is -1.39. The predicted molar refractivity (Wildman–Crippen MR) is 107 cm³/mol. The Balaban J connectivity index is 0.00000342. The van der Waals surface area contributed by atoms with E-state index in [1.54, 1.807) is 24.3 Å². The fourth-order valence-corrected chi connectivity index (χ4v) is 3.31. The molecule has 4 aromatic carbocycles. The van der Waals surface area contributed by atoms with E-state index in [-0.39, 0.29) is 43.7 Å². The van der Waals surface area contributed by atoms with Crippen LogP contribution in [0.25, 0.3) is 22.3 Å². The first-order valence-electron chi connectivity index (χ1n) is 9.54. The second-order valence-electron chi connectivity index (χ2n) is 7.12. The van der Waals surface area contributed by atoms with E-state index in [0.29, 0.717) is 23.3 Å². The summed E-state index contributed by atoms with van der Waals surface area (Å²) in [4.78, 5) is 0. The molecule has 0 saturated heterocycles. The molecule has 0 aliphatic heterocycles. The number of alkyl halides is 2. The maximum absolute atomic E-state index is 14.7. The molecule has 4 aromatic rings. The van der Waals surface area contributed by atoms with E-state index in [0.717, 1.165) is 6.07 Å². The van der Waals surface area contributed by atoms with Crippen LogP contribution in [-0.2, 0) is 26.5 Å². The number of rotatable bonds is 5. The standard InChI is InChI=1S/C25H11F8O.Re/c26-18-8-14(13-4-2-1-3-5-13)6-7-17(18)15-9-19(27)23(20(28)10-15)25(32,33)34-16-11-21(29)24(31)22(30)12-16;/h2-12H;/q-1;. The van der Waals surface area contributed by atoms with Gasteiger partial charge in [0, 0.05) is 38.1 Å². The Morgan fingerprint density at radius 3 is 1.69 bits per heavy atom. The molecule has 181 valence electrons. The van der Waals surface area contributed by atoms with E-state index in [2.05, 4.69) is 10.8 Å². The van der Waals surface area contributed by atoms with E-state index in [1.807, 2.05) is 0 Å². The molecular formula is C25H11F8ORe-. The van der Waals surface area contributed by atoms with Crippen molar-refractivity contribution in [3.05, 3.63) is 113 Å². The monoisotopic (exact) mass is 666 g/mol. The van der Waals surface area contributed by atoms with Gasteiger partial charge in [-0.15, -0.1) is 5.56 Å². The molecule has 35 heavy (non-hydrogen) atoms. The van der Waals surface area contributed by atoms with E-state index in [9.17, 15) is 35.1 Å². The van der Waals surface area contributed by atoms with Gasteiger partial charge in [0.2, 0.25) is 0 Å². The number of ether oxygens (including phenoxy) is 1. The minimum absolute atomic E-state index is 0. The van der Waals surface area contributed by atoms with Gasteiger partial charge in [0.25, 0.3) is 0 Å². The van der Waals surface area contributed by atoms with Gasteiger partial charge in [-0.3, -0.25) is 0 Å². The van der Waals surface area contributed by atoms with Gasteiger partial charge in [-0.25, -0.2) is 26.3 Å². The maximum Gasteiger partial charge on any atom is 0.432 e. The van der Waals surface area contributed by atoms with Crippen molar-refractivity contribution in [2.45, 2.75) is 6.11 Å². The van der Waals surface area contributed by atoms with Crippen LogP contribution in [0.3, 0.4) is 0 Å². The summed E-state index contributed by atoms with van der Waals surface area (Å²) in [7, 11) is 0. The molecule has 4 rings (SSSR count). The van der Waals surface area contributed by atoms with Crippen LogP contribution < -0.4 is 4.74 Å².